The fourth-order valence-corrected chi connectivity index (χ4v) is 1.89. The SMILES string of the molecule is CCC(=O)Oc1c(OC)ccc2ccc(C(=N)N)cc12. The van der Waals surface area contributed by atoms with Crippen molar-refractivity contribution in [1.29, 1.82) is 5.41 Å². The van der Waals surface area contributed by atoms with Crippen molar-refractivity contribution in [2.45, 2.75) is 13.3 Å². The summed E-state index contributed by atoms with van der Waals surface area (Å²) in [5, 5.41) is 9.07. The van der Waals surface area contributed by atoms with Crippen molar-refractivity contribution in [3.63, 3.8) is 0 Å². The molecule has 0 heterocycles. The third-order valence-electron chi connectivity index (χ3n) is 2.97. The number of methoxy groups -OCH3 is 1. The molecule has 0 aliphatic rings. The van der Waals surface area contributed by atoms with Gasteiger partial charge in [-0.3, -0.25) is 10.2 Å². The van der Waals surface area contributed by atoms with Gasteiger partial charge < -0.3 is 15.2 Å². The quantitative estimate of drug-likeness (QED) is 0.387. The van der Waals surface area contributed by atoms with Crippen LogP contribution in [0, 0.1) is 5.41 Å². The highest BCUT2D eigenvalue weighted by molar-refractivity contribution is 6.01. The first-order valence-electron chi connectivity index (χ1n) is 6.22. The minimum Gasteiger partial charge on any atom is -0.493 e. The Labute approximate surface area is 116 Å². The monoisotopic (exact) mass is 272 g/mol. The topological polar surface area (TPSA) is 85.4 Å². The Kier molecular flexibility index (Phi) is 3.89. The summed E-state index contributed by atoms with van der Waals surface area (Å²) in [5.41, 5.74) is 6.07. The number of amidine groups is 1. The van der Waals surface area contributed by atoms with Crippen molar-refractivity contribution in [2.75, 3.05) is 7.11 Å². The summed E-state index contributed by atoms with van der Waals surface area (Å²) in [5.74, 6) is 0.450. The number of benzene rings is 2. The number of carbonyl (C=O) groups excluding carboxylic acids is 1. The van der Waals surface area contributed by atoms with E-state index in [9.17, 15) is 4.79 Å². The van der Waals surface area contributed by atoms with E-state index in [-0.39, 0.29) is 18.2 Å². The molecule has 104 valence electrons. The molecule has 0 aliphatic heterocycles. The van der Waals surface area contributed by atoms with Crippen LogP contribution < -0.4 is 15.2 Å². The Bertz CT molecular complexity index is 680. The number of fused-ring (bicyclic) bond motifs is 1. The third kappa shape index (κ3) is 2.56. The predicted molar refractivity (Wildman–Crippen MR) is 77.4 cm³/mol. The zero-order valence-electron chi connectivity index (χ0n) is 11.4. The largest absolute Gasteiger partial charge is 0.493 e. The van der Waals surface area contributed by atoms with Crippen molar-refractivity contribution >= 4 is 22.6 Å². The van der Waals surface area contributed by atoms with Crippen molar-refractivity contribution in [2.24, 2.45) is 5.73 Å². The molecule has 5 heteroatoms. The fraction of sp³-hybridized carbons (Fsp3) is 0.200. The van der Waals surface area contributed by atoms with Gasteiger partial charge in [-0.05, 0) is 17.5 Å². The van der Waals surface area contributed by atoms with E-state index in [1.54, 1.807) is 25.1 Å². The molecule has 0 atom stereocenters. The second-order valence-electron chi connectivity index (χ2n) is 4.27. The van der Waals surface area contributed by atoms with Gasteiger partial charge in [0.05, 0.1) is 7.11 Å². The van der Waals surface area contributed by atoms with Crippen LogP contribution in [0.15, 0.2) is 30.3 Å². The number of esters is 1. The molecule has 0 radical (unpaired) electrons. The van der Waals surface area contributed by atoms with Gasteiger partial charge in [0.15, 0.2) is 11.5 Å². The fourth-order valence-electron chi connectivity index (χ4n) is 1.89. The minimum absolute atomic E-state index is 0.0394. The lowest BCUT2D eigenvalue weighted by Gasteiger charge is -2.12. The van der Waals surface area contributed by atoms with E-state index < -0.39 is 0 Å². The minimum atomic E-state index is -0.343. The highest BCUT2D eigenvalue weighted by atomic mass is 16.6. The Morgan fingerprint density at radius 1 is 1.30 bits per heavy atom. The van der Waals surface area contributed by atoms with Crippen LogP contribution in [-0.4, -0.2) is 18.9 Å². The number of rotatable bonds is 4. The van der Waals surface area contributed by atoms with Crippen LogP contribution in [0.2, 0.25) is 0 Å². The maximum absolute atomic E-state index is 11.6. The molecule has 0 saturated carbocycles. The lowest BCUT2D eigenvalue weighted by Crippen LogP contribution is -2.11. The molecule has 0 bridgehead atoms. The highest BCUT2D eigenvalue weighted by Gasteiger charge is 2.14. The Morgan fingerprint density at radius 2 is 2.00 bits per heavy atom. The van der Waals surface area contributed by atoms with Gasteiger partial charge in [0.2, 0.25) is 0 Å². The summed E-state index contributed by atoms with van der Waals surface area (Å²) in [4.78, 5) is 11.6. The maximum Gasteiger partial charge on any atom is 0.311 e. The predicted octanol–water partition coefficient (Wildman–Crippen LogP) is 2.45. The molecule has 0 aromatic heterocycles. The number of nitrogen functional groups attached to an aromatic ring is 1. The van der Waals surface area contributed by atoms with Crippen molar-refractivity contribution in [3.8, 4) is 11.5 Å². The first-order valence-corrected chi connectivity index (χ1v) is 6.22. The van der Waals surface area contributed by atoms with E-state index in [0.29, 0.717) is 22.4 Å². The number of ether oxygens (including phenoxy) is 2. The number of carbonyl (C=O) groups is 1. The van der Waals surface area contributed by atoms with Crippen LogP contribution in [0.25, 0.3) is 10.8 Å². The van der Waals surface area contributed by atoms with Gasteiger partial charge in [-0.2, -0.15) is 0 Å². The molecule has 0 aliphatic carbocycles. The molecule has 5 nitrogen and oxygen atoms in total. The van der Waals surface area contributed by atoms with Crippen LogP contribution in [0.3, 0.4) is 0 Å². The van der Waals surface area contributed by atoms with E-state index >= 15 is 0 Å². The molecule has 0 unspecified atom stereocenters. The lowest BCUT2D eigenvalue weighted by atomic mass is 10.0. The summed E-state index contributed by atoms with van der Waals surface area (Å²) in [6.45, 7) is 1.72. The zero-order valence-corrected chi connectivity index (χ0v) is 11.4. The summed E-state index contributed by atoms with van der Waals surface area (Å²) >= 11 is 0. The van der Waals surface area contributed by atoms with Gasteiger partial charge in [0.1, 0.15) is 5.84 Å². The van der Waals surface area contributed by atoms with Gasteiger partial charge in [-0.25, -0.2) is 0 Å². The summed E-state index contributed by atoms with van der Waals surface area (Å²) < 4.78 is 10.6. The van der Waals surface area contributed by atoms with Gasteiger partial charge in [-0.15, -0.1) is 0 Å². The molecule has 0 spiro atoms. The molecule has 2 aromatic carbocycles. The average molecular weight is 272 g/mol. The molecule has 3 N–H and O–H groups in total. The average Bonchev–Trinajstić information content (AvgIpc) is 2.46. The van der Waals surface area contributed by atoms with E-state index in [0.717, 1.165) is 5.39 Å². The second kappa shape index (κ2) is 5.61. The Hall–Kier alpha value is -2.56. The van der Waals surface area contributed by atoms with Crippen molar-refractivity contribution < 1.29 is 14.3 Å². The molecular weight excluding hydrogens is 256 g/mol. The van der Waals surface area contributed by atoms with E-state index in [2.05, 4.69) is 0 Å². The molecule has 2 rings (SSSR count). The van der Waals surface area contributed by atoms with Gasteiger partial charge in [-0.1, -0.05) is 25.1 Å². The van der Waals surface area contributed by atoms with Gasteiger partial charge in [0.25, 0.3) is 0 Å². The van der Waals surface area contributed by atoms with Crippen LogP contribution in [0.5, 0.6) is 11.5 Å². The van der Waals surface area contributed by atoms with Crippen LogP contribution in [0.4, 0.5) is 0 Å². The summed E-state index contributed by atoms with van der Waals surface area (Å²) in [6, 6.07) is 8.91. The number of nitrogens with one attached hydrogen (secondary N) is 1. The number of nitrogens with two attached hydrogens (primary N) is 1. The van der Waals surface area contributed by atoms with Crippen LogP contribution in [0.1, 0.15) is 18.9 Å². The number of hydrogen-bond donors (Lipinski definition) is 2. The molecular formula is C15H16N2O3. The molecule has 0 amide bonds. The standard InChI is InChI=1S/C15H16N2O3/c1-3-13(18)20-14-11-8-10(15(16)17)5-4-9(11)6-7-12(14)19-2/h4-8H,3H2,1-2H3,(H3,16,17). The van der Waals surface area contributed by atoms with Crippen molar-refractivity contribution in [1.82, 2.24) is 0 Å². The molecule has 2 aromatic rings. The maximum atomic E-state index is 11.6. The third-order valence-corrected chi connectivity index (χ3v) is 2.97. The van der Waals surface area contributed by atoms with Gasteiger partial charge in [0, 0.05) is 17.4 Å². The van der Waals surface area contributed by atoms with Gasteiger partial charge >= 0.3 is 5.97 Å². The smallest absolute Gasteiger partial charge is 0.311 e. The molecule has 0 saturated heterocycles. The lowest BCUT2D eigenvalue weighted by molar-refractivity contribution is -0.134. The normalized spacial score (nSPS) is 10.3. The van der Waals surface area contributed by atoms with Crippen LogP contribution >= 0.6 is 0 Å². The van der Waals surface area contributed by atoms with Crippen molar-refractivity contribution in [3.05, 3.63) is 35.9 Å². The molecule has 20 heavy (non-hydrogen) atoms. The zero-order chi connectivity index (χ0) is 14.7. The highest BCUT2D eigenvalue weighted by Crippen LogP contribution is 2.36. The van der Waals surface area contributed by atoms with E-state index in [4.69, 9.17) is 20.6 Å². The summed E-state index contributed by atoms with van der Waals surface area (Å²) in [6.07, 6.45) is 0.270. The first kappa shape index (κ1) is 13.9. The molecule has 0 fully saturated rings. The first-order chi connectivity index (χ1) is 9.56. The van der Waals surface area contributed by atoms with Crippen LogP contribution in [-0.2, 0) is 4.79 Å². The van der Waals surface area contributed by atoms with E-state index in [1.807, 2.05) is 12.1 Å². The second-order valence-corrected chi connectivity index (χ2v) is 4.27. The number of hydrogen-bond acceptors (Lipinski definition) is 4. The van der Waals surface area contributed by atoms with E-state index in [1.165, 1.54) is 7.11 Å². The Morgan fingerprint density at radius 3 is 2.60 bits per heavy atom. The summed E-state index contributed by atoms with van der Waals surface area (Å²) in [7, 11) is 1.51. The Balaban J connectivity index is 2.67.